The predicted octanol–water partition coefficient (Wildman–Crippen LogP) is 1.66. The summed E-state index contributed by atoms with van der Waals surface area (Å²) in [5, 5.41) is 4.32. The van der Waals surface area contributed by atoms with E-state index in [1.165, 1.54) is 0 Å². The number of nitrogens with zero attached hydrogens (tertiary/aromatic N) is 4. The average Bonchev–Trinajstić information content (AvgIpc) is 2.50. The lowest BCUT2D eigenvalue weighted by atomic mass is 10.6. The van der Waals surface area contributed by atoms with Crippen molar-refractivity contribution in [2.45, 2.75) is 0 Å². The van der Waals surface area contributed by atoms with E-state index in [0.717, 1.165) is 4.47 Å². The summed E-state index contributed by atoms with van der Waals surface area (Å²) in [6.07, 6.45) is 3.39. The molecule has 0 fully saturated rings. The van der Waals surface area contributed by atoms with Crippen molar-refractivity contribution in [2.24, 2.45) is 0 Å². The molecule has 0 saturated carbocycles. The van der Waals surface area contributed by atoms with E-state index in [1.807, 2.05) is 0 Å². The zero-order valence-electron chi connectivity index (χ0n) is 6.85. The SMILES string of the molecule is Nc1nc(Cl)cc(-n2cc(Br)cn2)n1. The summed E-state index contributed by atoms with van der Waals surface area (Å²) < 4.78 is 2.40. The minimum Gasteiger partial charge on any atom is -0.368 e. The summed E-state index contributed by atoms with van der Waals surface area (Å²) in [6.45, 7) is 0. The molecule has 2 aromatic heterocycles. The zero-order chi connectivity index (χ0) is 10.1. The Bertz CT molecular complexity index is 449. The fourth-order valence-electron chi connectivity index (χ4n) is 0.966. The molecule has 5 nitrogen and oxygen atoms in total. The molecule has 0 aliphatic carbocycles. The Labute approximate surface area is 93.0 Å². The van der Waals surface area contributed by atoms with E-state index in [2.05, 4.69) is 31.0 Å². The van der Waals surface area contributed by atoms with Crippen LogP contribution in [0.1, 0.15) is 0 Å². The summed E-state index contributed by atoms with van der Waals surface area (Å²) in [4.78, 5) is 7.73. The van der Waals surface area contributed by atoms with E-state index in [4.69, 9.17) is 17.3 Å². The van der Waals surface area contributed by atoms with Crippen LogP contribution < -0.4 is 5.73 Å². The van der Waals surface area contributed by atoms with Gasteiger partial charge in [0, 0.05) is 12.3 Å². The van der Waals surface area contributed by atoms with Crippen molar-refractivity contribution in [2.75, 3.05) is 5.73 Å². The van der Waals surface area contributed by atoms with E-state index < -0.39 is 0 Å². The number of nitrogen functional groups attached to an aromatic ring is 1. The van der Waals surface area contributed by atoms with Gasteiger partial charge in [-0.05, 0) is 15.9 Å². The Morgan fingerprint density at radius 1 is 1.43 bits per heavy atom. The molecule has 0 saturated heterocycles. The van der Waals surface area contributed by atoms with Gasteiger partial charge >= 0.3 is 0 Å². The Hall–Kier alpha value is -1.14. The van der Waals surface area contributed by atoms with Gasteiger partial charge in [0.2, 0.25) is 5.95 Å². The first kappa shape index (κ1) is 9.42. The van der Waals surface area contributed by atoms with Crippen molar-refractivity contribution in [3.8, 4) is 5.82 Å². The fourth-order valence-corrected chi connectivity index (χ4v) is 1.44. The molecular formula is C7H5BrClN5. The second kappa shape index (κ2) is 3.55. The Balaban J connectivity index is 2.51. The number of nitrogens with two attached hydrogens (primary N) is 1. The molecule has 0 aliphatic rings. The number of halogens is 2. The highest BCUT2D eigenvalue weighted by Gasteiger charge is 2.03. The molecular weight excluding hydrogens is 269 g/mol. The Morgan fingerprint density at radius 3 is 2.79 bits per heavy atom. The average molecular weight is 275 g/mol. The lowest BCUT2D eigenvalue weighted by Gasteiger charge is -2.00. The van der Waals surface area contributed by atoms with Crippen molar-refractivity contribution in [1.82, 2.24) is 19.7 Å². The first-order valence-electron chi connectivity index (χ1n) is 3.66. The van der Waals surface area contributed by atoms with Crippen LogP contribution in [0.5, 0.6) is 0 Å². The third kappa shape index (κ3) is 1.85. The van der Waals surface area contributed by atoms with Gasteiger partial charge in [0.05, 0.1) is 10.7 Å². The summed E-state index contributed by atoms with van der Waals surface area (Å²) in [7, 11) is 0. The Morgan fingerprint density at radius 2 is 2.21 bits per heavy atom. The lowest BCUT2D eigenvalue weighted by molar-refractivity contribution is 0.842. The third-order valence-corrected chi connectivity index (χ3v) is 2.09. The summed E-state index contributed by atoms with van der Waals surface area (Å²) in [5.41, 5.74) is 5.44. The molecule has 7 heteroatoms. The van der Waals surface area contributed by atoms with Gasteiger partial charge < -0.3 is 5.73 Å². The number of anilines is 1. The van der Waals surface area contributed by atoms with Crippen LogP contribution in [0.3, 0.4) is 0 Å². The minimum absolute atomic E-state index is 0.124. The van der Waals surface area contributed by atoms with E-state index in [9.17, 15) is 0 Å². The van der Waals surface area contributed by atoms with Gasteiger partial charge in [-0.15, -0.1) is 0 Å². The smallest absolute Gasteiger partial charge is 0.223 e. The minimum atomic E-state index is 0.124. The van der Waals surface area contributed by atoms with E-state index in [1.54, 1.807) is 23.1 Å². The van der Waals surface area contributed by atoms with Crippen LogP contribution in [0.15, 0.2) is 22.9 Å². The molecule has 0 amide bonds. The molecule has 0 radical (unpaired) electrons. The molecule has 0 unspecified atom stereocenters. The monoisotopic (exact) mass is 273 g/mol. The van der Waals surface area contributed by atoms with Crippen LogP contribution in [0.25, 0.3) is 5.82 Å². The summed E-state index contributed by atoms with van der Waals surface area (Å²) in [6, 6.07) is 1.58. The van der Waals surface area contributed by atoms with Crippen molar-refractivity contribution < 1.29 is 0 Å². The highest BCUT2D eigenvalue weighted by atomic mass is 79.9. The van der Waals surface area contributed by atoms with Gasteiger partial charge in [-0.1, -0.05) is 11.6 Å². The quantitative estimate of drug-likeness (QED) is 0.803. The van der Waals surface area contributed by atoms with Gasteiger partial charge in [-0.3, -0.25) is 0 Å². The highest BCUT2D eigenvalue weighted by Crippen LogP contribution is 2.14. The molecule has 72 valence electrons. The Kier molecular flexibility index (Phi) is 2.39. The second-order valence-electron chi connectivity index (χ2n) is 2.51. The largest absolute Gasteiger partial charge is 0.368 e. The van der Waals surface area contributed by atoms with Crippen molar-refractivity contribution in [1.29, 1.82) is 0 Å². The highest BCUT2D eigenvalue weighted by molar-refractivity contribution is 9.10. The van der Waals surface area contributed by atoms with Crippen LogP contribution in [0.2, 0.25) is 5.15 Å². The molecule has 2 heterocycles. The maximum Gasteiger partial charge on any atom is 0.223 e. The van der Waals surface area contributed by atoms with Gasteiger partial charge in [-0.2, -0.15) is 10.1 Å². The van der Waals surface area contributed by atoms with Gasteiger partial charge in [0.1, 0.15) is 5.15 Å². The summed E-state index contributed by atoms with van der Waals surface area (Å²) in [5.74, 6) is 0.660. The zero-order valence-corrected chi connectivity index (χ0v) is 9.20. The van der Waals surface area contributed by atoms with Gasteiger partial charge in [0.15, 0.2) is 5.82 Å². The number of rotatable bonds is 1. The molecule has 0 atom stereocenters. The van der Waals surface area contributed by atoms with Crippen molar-refractivity contribution in [3.05, 3.63) is 28.1 Å². The predicted molar refractivity (Wildman–Crippen MR) is 56.3 cm³/mol. The first-order valence-corrected chi connectivity index (χ1v) is 4.83. The topological polar surface area (TPSA) is 69.6 Å². The van der Waals surface area contributed by atoms with Crippen LogP contribution in [0.4, 0.5) is 5.95 Å². The van der Waals surface area contributed by atoms with Crippen molar-refractivity contribution >= 4 is 33.5 Å². The molecule has 0 aliphatic heterocycles. The van der Waals surface area contributed by atoms with E-state index in [-0.39, 0.29) is 5.95 Å². The first-order chi connectivity index (χ1) is 6.65. The molecule has 14 heavy (non-hydrogen) atoms. The summed E-state index contributed by atoms with van der Waals surface area (Å²) >= 11 is 9.00. The molecule has 0 spiro atoms. The van der Waals surface area contributed by atoms with Crippen LogP contribution in [-0.2, 0) is 0 Å². The maximum absolute atomic E-state index is 5.72. The normalized spacial score (nSPS) is 10.4. The molecule has 0 bridgehead atoms. The van der Waals surface area contributed by atoms with E-state index >= 15 is 0 Å². The molecule has 2 aromatic rings. The molecule has 2 N–H and O–H groups in total. The van der Waals surface area contributed by atoms with E-state index in [0.29, 0.717) is 11.0 Å². The number of hydrogen-bond acceptors (Lipinski definition) is 4. The number of aromatic nitrogens is 4. The molecule has 2 rings (SSSR count). The maximum atomic E-state index is 5.72. The lowest BCUT2D eigenvalue weighted by Crippen LogP contribution is -2.02. The second-order valence-corrected chi connectivity index (χ2v) is 3.81. The van der Waals surface area contributed by atoms with Crippen molar-refractivity contribution in [3.63, 3.8) is 0 Å². The van der Waals surface area contributed by atoms with Gasteiger partial charge in [0.25, 0.3) is 0 Å². The van der Waals surface area contributed by atoms with Crippen LogP contribution >= 0.6 is 27.5 Å². The standard InChI is InChI=1S/C7H5BrClN5/c8-4-2-11-14(3-4)6-1-5(9)12-7(10)13-6/h1-3H,(H2,10,12,13). The third-order valence-electron chi connectivity index (χ3n) is 1.48. The number of hydrogen-bond donors (Lipinski definition) is 1. The van der Waals surface area contributed by atoms with Crippen LogP contribution in [-0.4, -0.2) is 19.7 Å². The molecule has 0 aromatic carbocycles. The van der Waals surface area contributed by atoms with Gasteiger partial charge in [-0.25, -0.2) is 9.67 Å². The van der Waals surface area contributed by atoms with Crippen LogP contribution in [0, 0.1) is 0 Å². The fraction of sp³-hybridized carbons (Fsp3) is 0.